The lowest BCUT2D eigenvalue weighted by Crippen LogP contribution is -2.52. The van der Waals surface area contributed by atoms with Crippen LogP contribution in [0.1, 0.15) is 57.7 Å². The van der Waals surface area contributed by atoms with Gasteiger partial charge in [-0.05, 0) is 54.8 Å². The molecule has 0 aromatic heterocycles. The first-order valence-electron chi connectivity index (χ1n) is 9.67. The lowest BCUT2D eigenvalue weighted by Gasteiger charge is -2.29. The zero-order valence-corrected chi connectivity index (χ0v) is 17.0. The van der Waals surface area contributed by atoms with Gasteiger partial charge in [0.1, 0.15) is 6.04 Å². The van der Waals surface area contributed by atoms with Gasteiger partial charge in [-0.1, -0.05) is 23.7 Å². The highest BCUT2D eigenvalue weighted by Crippen LogP contribution is 2.28. The number of hydrogen-bond donors (Lipinski definition) is 2. The molecule has 4 amide bonds. The molecule has 2 N–H and O–H groups in total. The normalized spacial score (nSPS) is 19.3. The van der Waals surface area contributed by atoms with E-state index < -0.39 is 11.9 Å². The molecule has 1 fully saturated rings. The molecule has 7 nitrogen and oxygen atoms in total. The SMILES string of the molecule is C[C@H](NC(=O)c1ccc2c(c1)CN(C1CCC(=O)NC1=O)C2=O)c1ccc(Cl)cc1. The molecular weight excluding hydrogens is 406 g/mol. The van der Waals surface area contributed by atoms with Gasteiger partial charge in [0.25, 0.3) is 11.8 Å². The monoisotopic (exact) mass is 425 g/mol. The van der Waals surface area contributed by atoms with Crippen LogP contribution in [0.15, 0.2) is 42.5 Å². The maximum absolute atomic E-state index is 12.7. The number of amides is 4. The van der Waals surface area contributed by atoms with E-state index in [0.717, 1.165) is 5.56 Å². The summed E-state index contributed by atoms with van der Waals surface area (Å²) in [6, 6.07) is 11.3. The Morgan fingerprint density at radius 3 is 2.60 bits per heavy atom. The minimum atomic E-state index is -0.676. The number of rotatable bonds is 4. The summed E-state index contributed by atoms with van der Waals surface area (Å²) in [6.45, 7) is 2.11. The van der Waals surface area contributed by atoms with E-state index in [2.05, 4.69) is 10.6 Å². The molecule has 2 aliphatic rings. The number of imide groups is 1. The molecule has 2 atom stereocenters. The highest BCUT2D eigenvalue weighted by Gasteiger charge is 2.39. The number of carbonyl (C=O) groups excluding carboxylic acids is 4. The number of carbonyl (C=O) groups is 4. The summed E-state index contributed by atoms with van der Waals surface area (Å²) in [7, 11) is 0. The molecule has 0 radical (unpaired) electrons. The van der Waals surface area contributed by atoms with Crippen molar-refractivity contribution in [3.63, 3.8) is 0 Å². The fourth-order valence-electron chi connectivity index (χ4n) is 3.83. The van der Waals surface area contributed by atoms with E-state index in [9.17, 15) is 19.2 Å². The second-order valence-corrected chi connectivity index (χ2v) is 7.96. The summed E-state index contributed by atoms with van der Waals surface area (Å²) in [5.74, 6) is -1.30. The van der Waals surface area contributed by atoms with Gasteiger partial charge >= 0.3 is 0 Å². The highest BCUT2D eigenvalue weighted by molar-refractivity contribution is 6.30. The van der Waals surface area contributed by atoms with E-state index in [1.807, 2.05) is 19.1 Å². The van der Waals surface area contributed by atoms with E-state index in [0.29, 0.717) is 28.1 Å². The van der Waals surface area contributed by atoms with Gasteiger partial charge < -0.3 is 10.2 Å². The number of benzene rings is 2. The van der Waals surface area contributed by atoms with Crippen LogP contribution in [0.4, 0.5) is 0 Å². The highest BCUT2D eigenvalue weighted by atomic mass is 35.5. The van der Waals surface area contributed by atoms with Gasteiger partial charge in [-0.25, -0.2) is 0 Å². The van der Waals surface area contributed by atoms with Crippen molar-refractivity contribution >= 4 is 35.2 Å². The smallest absolute Gasteiger partial charge is 0.255 e. The van der Waals surface area contributed by atoms with Crippen LogP contribution in [0, 0.1) is 0 Å². The van der Waals surface area contributed by atoms with Crippen molar-refractivity contribution in [2.45, 2.75) is 38.4 Å². The van der Waals surface area contributed by atoms with E-state index in [1.165, 1.54) is 4.90 Å². The van der Waals surface area contributed by atoms with Crippen molar-refractivity contribution in [3.8, 4) is 0 Å². The van der Waals surface area contributed by atoms with Crippen LogP contribution in [0.2, 0.25) is 5.02 Å². The van der Waals surface area contributed by atoms with Crippen LogP contribution in [-0.4, -0.2) is 34.6 Å². The molecule has 8 heteroatoms. The summed E-state index contributed by atoms with van der Waals surface area (Å²) in [6.07, 6.45) is 0.503. The fourth-order valence-corrected chi connectivity index (χ4v) is 3.96. The molecule has 0 spiro atoms. The van der Waals surface area contributed by atoms with E-state index in [1.54, 1.807) is 30.3 Å². The minimum absolute atomic E-state index is 0.201. The molecule has 0 aliphatic carbocycles. The predicted molar refractivity (Wildman–Crippen MR) is 110 cm³/mol. The van der Waals surface area contributed by atoms with Crippen LogP contribution in [0.3, 0.4) is 0 Å². The molecule has 2 aromatic carbocycles. The number of nitrogens with one attached hydrogen (secondary N) is 2. The molecule has 0 bridgehead atoms. The van der Waals surface area contributed by atoms with Crippen LogP contribution in [-0.2, 0) is 16.1 Å². The van der Waals surface area contributed by atoms with Crippen molar-refractivity contribution in [3.05, 3.63) is 69.7 Å². The molecule has 2 aromatic rings. The molecule has 30 heavy (non-hydrogen) atoms. The van der Waals surface area contributed by atoms with Crippen molar-refractivity contribution < 1.29 is 19.2 Å². The lowest BCUT2D eigenvalue weighted by atomic mass is 10.0. The van der Waals surface area contributed by atoms with Gasteiger partial charge in [0.15, 0.2) is 0 Å². The number of nitrogens with zero attached hydrogens (tertiary/aromatic N) is 1. The topological polar surface area (TPSA) is 95.6 Å². The van der Waals surface area contributed by atoms with Crippen molar-refractivity contribution in [1.29, 1.82) is 0 Å². The summed E-state index contributed by atoms with van der Waals surface area (Å²) in [5, 5.41) is 5.84. The quantitative estimate of drug-likeness (QED) is 0.736. The van der Waals surface area contributed by atoms with E-state index >= 15 is 0 Å². The van der Waals surface area contributed by atoms with Gasteiger partial charge in [0.05, 0.1) is 6.04 Å². The van der Waals surface area contributed by atoms with Gasteiger partial charge in [-0.3, -0.25) is 24.5 Å². The molecule has 2 aliphatic heterocycles. The molecule has 4 rings (SSSR count). The van der Waals surface area contributed by atoms with Gasteiger partial charge in [0, 0.05) is 29.1 Å². The first-order chi connectivity index (χ1) is 14.3. The Balaban J connectivity index is 1.48. The Labute approximate surface area is 178 Å². The van der Waals surface area contributed by atoms with E-state index in [-0.39, 0.29) is 36.7 Å². The average Bonchev–Trinajstić information content (AvgIpc) is 3.04. The Hall–Kier alpha value is -3.19. The molecular formula is C22H20ClN3O4. The molecule has 154 valence electrons. The average molecular weight is 426 g/mol. The third-order valence-electron chi connectivity index (χ3n) is 5.50. The number of hydrogen-bond acceptors (Lipinski definition) is 4. The molecule has 1 unspecified atom stereocenters. The zero-order chi connectivity index (χ0) is 21.4. The van der Waals surface area contributed by atoms with Crippen LogP contribution in [0.25, 0.3) is 0 Å². The van der Waals surface area contributed by atoms with E-state index in [4.69, 9.17) is 11.6 Å². The lowest BCUT2D eigenvalue weighted by molar-refractivity contribution is -0.136. The van der Waals surface area contributed by atoms with Gasteiger partial charge in [-0.15, -0.1) is 0 Å². The Kier molecular flexibility index (Phi) is 5.30. The Morgan fingerprint density at radius 1 is 1.17 bits per heavy atom. The maximum atomic E-state index is 12.7. The number of halogens is 1. The van der Waals surface area contributed by atoms with Gasteiger partial charge in [0.2, 0.25) is 11.8 Å². The second-order valence-electron chi connectivity index (χ2n) is 7.52. The Bertz CT molecular complexity index is 1050. The number of fused-ring (bicyclic) bond motifs is 1. The molecule has 2 heterocycles. The van der Waals surface area contributed by atoms with Gasteiger partial charge in [-0.2, -0.15) is 0 Å². The summed E-state index contributed by atoms with van der Waals surface area (Å²) < 4.78 is 0. The van der Waals surface area contributed by atoms with Crippen molar-refractivity contribution in [2.24, 2.45) is 0 Å². The number of piperidine rings is 1. The zero-order valence-electron chi connectivity index (χ0n) is 16.3. The second kappa shape index (κ2) is 7.91. The van der Waals surface area contributed by atoms with Crippen molar-refractivity contribution in [1.82, 2.24) is 15.5 Å². The first kappa shape index (κ1) is 20.1. The maximum Gasteiger partial charge on any atom is 0.255 e. The minimum Gasteiger partial charge on any atom is -0.346 e. The summed E-state index contributed by atoms with van der Waals surface area (Å²) in [4.78, 5) is 50.4. The van der Waals surface area contributed by atoms with Crippen LogP contribution < -0.4 is 10.6 Å². The van der Waals surface area contributed by atoms with Crippen LogP contribution in [0.5, 0.6) is 0 Å². The first-order valence-corrected chi connectivity index (χ1v) is 10.0. The summed E-state index contributed by atoms with van der Waals surface area (Å²) in [5.41, 5.74) is 2.53. The largest absolute Gasteiger partial charge is 0.346 e. The van der Waals surface area contributed by atoms with Crippen molar-refractivity contribution in [2.75, 3.05) is 0 Å². The molecule has 0 saturated carbocycles. The fraction of sp³-hybridized carbons (Fsp3) is 0.273. The summed E-state index contributed by atoms with van der Waals surface area (Å²) >= 11 is 5.91. The van der Waals surface area contributed by atoms with Crippen LogP contribution >= 0.6 is 11.6 Å². The third-order valence-corrected chi connectivity index (χ3v) is 5.76. The standard InChI is InChI=1S/C22H20ClN3O4/c1-12(13-2-5-16(23)6-3-13)24-20(28)14-4-7-17-15(10-14)11-26(22(17)30)18-8-9-19(27)25-21(18)29/h2-7,10,12,18H,8-9,11H2,1H3,(H,24,28)(H,25,27,29)/t12-,18?/m0/s1. The Morgan fingerprint density at radius 2 is 1.90 bits per heavy atom. The molecule has 1 saturated heterocycles. The third kappa shape index (κ3) is 3.80. The predicted octanol–water partition coefficient (Wildman–Crippen LogP) is 2.59.